The Morgan fingerprint density at radius 3 is 2.33 bits per heavy atom. The molecule has 0 unspecified atom stereocenters. The number of amides is 2. The first-order valence-electron chi connectivity index (χ1n) is 11.5. The highest BCUT2D eigenvalue weighted by atomic mass is 32.2. The molecule has 2 saturated heterocycles. The van der Waals surface area contributed by atoms with Crippen LogP contribution in [0.1, 0.15) is 48.0 Å². The number of benzene rings is 1. The molecule has 0 spiro atoms. The van der Waals surface area contributed by atoms with Gasteiger partial charge in [-0.25, -0.2) is 13.4 Å². The van der Waals surface area contributed by atoms with Crippen molar-refractivity contribution in [3.63, 3.8) is 0 Å². The van der Waals surface area contributed by atoms with E-state index in [0.29, 0.717) is 44.8 Å². The first kappa shape index (κ1) is 23.4. The summed E-state index contributed by atoms with van der Waals surface area (Å²) in [4.78, 5) is 31.8. The summed E-state index contributed by atoms with van der Waals surface area (Å²) < 4.78 is 27.9. The monoisotopic (exact) mass is 470 g/mol. The molecular formula is C24H30N4O4S. The highest BCUT2D eigenvalue weighted by Gasteiger charge is 2.33. The van der Waals surface area contributed by atoms with Crippen molar-refractivity contribution in [1.82, 2.24) is 14.2 Å². The number of aromatic nitrogens is 1. The Labute approximate surface area is 195 Å². The summed E-state index contributed by atoms with van der Waals surface area (Å²) >= 11 is 0. The maximum atomic E-state index is 13.3. The number of carbonyl (C=O) groups excluding carboxylic acids is 2. The molecule has 0 radical (unpaired) electrons. The molecule has 2 aromatic rings. The zero-order valence-corrected chi connectivity index (χ0v) is 19.7. The lowest BCUT2D eigenvalue weighted by molar-refractivity contribution is -0.121. The van der Waals surface area contributed by atoms with Gasteiger partial charge in [-0.05, 0) is 56.4 Å². The smallest absolute Gasteiger partial charge is 0.255 e. The van der Waals surface area contributed by atoms with E-state index in [1.165, 1.54) is 10.4 Å². The maximum Gasteiger partial charge on any atom is 0.255 e. The van der Waals surface area contributed by atoms with Crippen molar-refractivity contribution in [2.45, 2.75) is 43.9 Å². The molecule has 3 heterocycles. The van der Waals surface area contributed by atoms with Gasteiger partial charge in [0.05, 0.1) is 10.5 Å². The predicted octanol–water partition coefficient (Wildman–Crippen LogP) is 3.06. The molecule has 2 amide bonds. The lowest BCUT2D eigenvalue weighted by atomic mass is 9.95. The SMILES string of the molecule is Cc1ccc(NC(=O)C2CCN(C(=O)c3ccccc3S(=O)(=O)N3CCCCC3)CC2)nc1. The van der Waals surface area contributed by atoms with Crippen LogP contribution in [0.25, 0.3) is 0 Å². The topological polar surface area (TPSA) is 99.7 Å². The standard InChI is InChI=1S/C24H30N4O4S/c1-18-9-10-22(25-17-18)26-23(29)19-11-15-27(16-12-19)24(30)20-7-3-4-8-21(20)33(31,32)28-13-5-2-6-14-28/h3-4,7-10,17,19H,2,5-6,11-16H2,1H3,(H,25,26,29). The molecular weight excluding hydrogens is 440 g/mol. The van der Waals surface area contributed by atoms with Crippen LogP contribution in [-0.2, 0) is 14.8 Å². The average Bonchev–Trinajstić information content (AvgIpc) is 2.85. The van der Waals surface area contributed by atoms with Crippen LogP contribution in [0.4, 0.5) is 5.82 Å². The first-order chi connectivity index (χ1) is 15.9. The number of nitrogens with zero attached hydrogens (tertiary/aromatic N) is 3. The number of rotatable bonds is 5. The quantitative estimate of drug-likeness (QED) is 0.724. The molecule has 2 aliphatic heterocycles. The minimum absolute atomic E-state index is 0.0715. The van der Waals surface area contributed by atoms with E-state index in [-0.39, 0.29) is 28.2 Å². The van der Waals surface area contributed by atoms with Crippen LogP contribution in [0.3, 0.4) is 0 Å². The fraction of sp³-hybridized carbons (Fsp3) is 0.458. The number of likely N-dealkylation sites (tertiary alicyclic amines) is 1. The van der Waals surface area contributed by atoms with Gasteiger partial charge < -0.3 is 10.2 Å². The van der Waals surface area contributed by atoms with Crippen molar-refractivity contribution >= 4 is 27.7 Å². The highest BCUT2D eigenvalue weighted by Crippen LogP contribution is 2.26. The number of hydrogen-bond donors (Lipinski definition) is 1. The van der Waals surface area contributed by atoms with Gasteiger partial charge in [0.2, 0.25) is 15.9 Å². The van der Waals surface area contributed by atoms with Crippen LogP contribution in [-0.4, -0.2) is 60.6 Å². The largest absolute Gasteiger partial charge is 0.339 e. The van der Waals surface area contributed by atoms with Crippen molar-refractivity contribution in [3.8, 4) is 0 Å². The van der Waals surface area contributed by atoms with Crippen molar-refractivity contribution in [3.05, 3.63) is 53.7 Å². The molecule has 0 atom stereocenters. The van der Waals surface area contributed by atoms with Crippen LogP contribution in [0.5, 0.6) is 0 Å². The molecule has 4 rings (SSSR count). The van der Waals surface area contributed by atoms with Gasteiger partial charge in [-0.3, -0.25) is 9.59 Å². The molecule has 1 aromatic heterocycles. The second kappa shape index (κ2) is 10.0. The lowest BCUT2D eigenvalue weighted by Gasteiger charge is -2.32. The van der Waals surface area contributed by atoms with Crippen molar-refractivity contribution in [2.75, 3.05) is 31.5 Å². The first-order valence-corrected chi connectivity index (χ1v) is 12.9. The maximum absolute atomic E-state index is 13.3. The van der Waals surface area contributed by atoms with E-state index in [1.807, 2.05) is 13.0 Å². The Balaban J connectivity index is 1.42. The third kappa shape index (κ3) is 5.25. The van der Waals surface area contributed by atoms with E-state index >= 15 is 0 Å². The molecule has 176 valence electrons. The summed E-state index contributed by atoms with van der Waals surface area (Å²) in [7, 11) is -3.72. The van der Waals surface area contributed by atoms with Gasteiger partial charge in [0, 0.05) is 38.3 Å². The molecule has 0 saturated carbocycles. The summed E-state index contributed by atoms with van der Waals surface area (Å²) in [5.41, 5.74) is 1.22. The van der Waals surface area contributed by atoms with Gasteiger partial charge in [-0.1, -0.05) is 24.6 Å². The predicted molar refractivity (Wildman–Crippen MR) is 125 cm³/mol. The number of nitrogens with one attached hydrogen (secondary N) is 1. The van der Waals surface area contributed by atoms with Gasteiger partial charge in [0.15, 0.2) is 0 Å². The number of pyridine rings is 1. The van der Waals surface area contributed by atoms with Gasteiger partial charge in [0.25, 0.3) is 5.91 Å². The van der Waals surface area contributed by atoms with Gasteiger partial charge in [-0.15, -0.1) is 0 Å². The van der Waals surface area contributed by atoms with Gasteiger partial charge in [0.1, 0.15) is 5.82 Å². The molecule has 2 aliphatic rings. The van der Waals surface area contributed by atoms with Crippen LogP contribution >= 0.6 is 0 Å². The molecule has 0 bridgehead atoms. The highest BCUT2D eigenvalue weighted by molar-refractivity contribution is 7.89. The van der Waals surface area contributed by atoms with E-state index in [0.717, 1.165) is 24.8 Å². The molecule has 2 fully saturated rings. The fourth-order valence-electron chi connectivity index (χ4n) is 4.40. The average molecular weight is 471 g/mol. The van der Waals surface area contributed by atoms with E-state index in [9.17, 15) is 18.0 Å². The Bertz CT molecular complexity index is 1100. The summed E-state index contributed by atoms with van der Waals surface area (Å²) in [6, 6.07) is 10.1. The van der Waals surface area contributed by atoms with Crippen molar-refractivity contribution < 1.29 is 18.0 Å². The number of piperidine rings is 2. The fourth-order valence-corrected chi connectivity index (χ4v) is 6.10. The van der Waals surface area contributed by atoms with Crippen molar-refractivity contribution in [1.29, 1.82) is 0 Å². The number of aryl methyl sites for hydroxylation is 1. The molecule has 9 heteroatoms. The Kier molecular flexibility index (Phi) is 7.09. The van der Waals surface area contributed by atoms with Crippen molar-refractivity contribution in [2.24, 2.45) is 5.92 Å². The van der Waals surface area contributed by atoms with Gasteiger partial charge in [-0.2, -0.15) is 4.31 Å². The minimum atomic E-state index is -3.72. The molecule has 0 aliphatic carbocycles. The summed E-state index contributed by atoms with van der Waals surface area (Å²) in [5.74, 6) is -0.109. The third-order valence-electron chi connectivity index (χ3n) is 6.37. The van der Waals surface area contributed by atoms with E-state index in [1.54, 1.807) is 35.4 Å². The summed E-state index contributed by atoms with van der Waals surface area (Å²) in [6.07, 6.45) is 5.43. The van der Waals surface area contributed by atoms with Crippen LogP contribution in [0, 0.1) is 12.8 Å². The molecule has 1 aromatic carbocycles. The molecule has 1 N–H and O–H groups in total. The zero-order chi connectivity index (χ0) is 23.4. The van der Waals surface area contributed by atoms with Crippen LogP contribution in [0.2, 0.25) is 0 Å². The number of anilines is 1. The minimum Gasteiger partial charge on any atom is -0.339 e. The van der Waals surface area contributed by atoms with Gasteiger partial charge >= 0.3 is 0 Å². The molecule has 33 heavy (non-hydrogen) atoms. The number of carbonyl (C=O) groups is 2. The van der Waals surface area contributed by atoms with E-state index in [2.05, 4.69) is 10.3 Å². The number of sulfonamides is 1. The Morgan fingerprint density at radius 1 is 0.970 bits per heavy atom. The van der Waals surface area contributed by atoms with E-state index < -0.39 is 10.0 Å². The normalized spacial score (nSPS) is 18.2. The second-order valence-corrected chi connectivity index (χ2v) is 10.6. The van der Waals surface area contributed by atoms with Crippen LogP contribution < -0.4 is 5.32 Å². The Morgan fingerprint density at radius 2 is 1.67 bits per heavy atom. The summed E-state index contributed by atoms with van der Waals surface area (Å²) in [6.45, 7) is 3.70. The third-order valence-corrected chi connectivity index (χ3v) is 8.32. The zero-order valence-electron chi connectivity index (χ0n) is 18.9. The number of hydrogen-bond acceptors (Lipinski definition) is 5. The lowest BCUT2D eigenvalue weighted by Crippen LogP contribution is -2.42. The Hall–Kier alpha value is -2.78. The summed E-state index contributed by atoms with van der Waals surface area (Å²) in [5, 5.41) is 2.84. The van der Waals surface area contributed by atoms with E-state index in [4.69, 9.17) is 0 Å². The second-order valence-electron chi connectivity index (χ2n) is 8.74. The van der Waals surface area contributed by atoms with Crippen LogP contribution in [0.15, 0.2) is 47.5 Å². The molecule has 8 nitrogen and oxygen atoms in total.